The number of likely N-dealkylation sites (tertiary alicyclic amines) is 1. The molecule has 2 N–H and O–H groups in total. The third kappa shape index (κ3) is 4.16. The van der Waals surface area contributed by atoms with E-state index >= 15 is 0 Å². The van der Waals surface area contributed by atoms with Crippen LogP contribution in [0.2, 0.25) is 0 Å². The SMILES string of the molecule is CC1(C)O[C@H](CCN)C[C@H](CC(=O)N2CCCC2)O1. The van der Waals surface area contributed by atoms with E-state index in [4.69, 9.17) is 15.2 Å². The predicted octanol–water partition coefficient (Wildman–Crippen LogP) is 1.26. The van der Waals surface area contributed by atoms with Gasteiger partial charge < -0.3 is 20.1 Å². The fourth-order valence-electron chi connectivity index (χ4n) is 3.00. The molecule has 2 aliphatic rings. The van der Waals surface area contributed by atoms with Crippen molar-refractivity contribution >= 4 is 5.91 Å². The first-order valence-corrected chi connectivity index (χ1v) is 7.33. The number of amides is 1. The Balaban J connectivity index is 1.89. The van der Waals surface area contributed by atoms with Crippen molar-refractivity contribution in [3.05, 3.63) is 0 Å². The summed E-state index contributed by atoms with van der Waals surface area (Å²) in [6, 6.07) is 0. The van der Waals surface area contributed by atoms with Crippen molar-refractivity contribution in [1.29, 1.82) is 0 Å². The molecule has 0 bridgehead atoms. The molecule has 2 rings (SSSR count). The summed E-state index contributed by atoms with van der Waals surface area (Å²) in [6.07, 6.45) is 4.36. The first kappa shape index (κ1) is 14.8. The molecule has 1 amide bonds. The fraction of sp³-hybridized carbons (Fsp3) is 0.929. The lowest BCUT2D eigenvalue weighted by molar-refractivity contribution is -0.299. The smallest absolute Gasteiger partial charge is 0.225 e. The zero-order chi connectivity index (χ0) is 13.9. The Morgan fingerprint density at radius 1 is 1.26 bits per heavy atom. The molecular weight excluding hydrogens is 244 g/mol. The predicted molar refractivity (Wildman–Crippen MR) is 72.5 cm³/mol. The Hall–Kier alpha value is -0.650. The minimum absolute atomic E-state index is 0.0478. The third-order valence-corrected chi connectivity index (χ3v) is 3.78. The highest BCUT2D eigenvalue weighted by Gasteiger charge is 2.36. The van der Waals surface area contributed by atoms with Gasteiger partial charge in [-0.2, -0.15) is 0 Å². The summed E-state index contributed by atoms with van der Waals surface area (Å²) in [7, 11) is 0. The van der Waals surface area contributed by atoms with E-state index in [2.05, 4.69) is 0 Å². The molecule has 2 fully saturated rings. The molecule has 2 saturated heterocycles. The van der Waals surface area contributed by atoms with Crippen molar-refractivity contribution < 1.29 is 14.3 Å². The number of ether oxygens (including phenoxy) is 2. The molecule has 110 valence electrons. The van der Waals surface area contributed by atoms with Crippen molar-refractivity contribution in [2.45, 2.75) is 63.9 Å². The Labute approximate surface area is 115 Å². The van der Waals surface area contributed by atoms with E-state index in [-0.39, 0.29) is 18.1 Å². The Morgan fingerprint density at radius 2 is 1.89 bits per heavy atom. The van der Waals surface area contributed by atoms with Gasteiger partial charge in [0, 0.05) is 19.5 Å². The van der Waals surface area contributed by atoms with Gasteiger partial charge in [0.25, 0.3) is 0 Å². The average Bonchev–Trinajstić information content (AvgIpc) is 2.80. The van der Waals surface area contributed by atoms with Gasteiger partial charge in [0.05, 0.1) is 18.6 Å². The van der Waals surface area contributed by atoms with Crippen LogP contribution >= 0.6 is 0 Å². The number of nitrogens with two attached hydrogens (primary N) is 1. The number of rotatable bonds is 4. The van der Waals surface area contributed by atoms with E-state index in [1.165, 1.54) is 0 Å². The van der Waals surface area contributed by atoms with Crippen LogP contribution in [0.3, 0.4) is 0 Å². The van der Waals surface area contributed by atoms with E-state index in [1.807, 2.05) is 18.7 Å². The Bertz CT molecular complexity index is 314. The first-order chi connectivity index (χ1) is 9.00. The molecule has 2 atom stereocenters. The molecule has 0 spiro atoms. The van der Waals surface area contributed by atoms with Gasteiger partial charge in [0.2, 0.25) is 5.91 Å². The lowest BCUT2D eigenvalue weighted by Gasteiger charge is -2.41. The second-order valence-electron chi connectivity index (χ2n) is 5.98. The summed E-state index contributed by atoms with van der Waals surface area (Å²) in [5, 5.41) is 0. The number of hydrogen-bond donors (Lipinski definition) is 1. The second kappa shape index (κ2) is 6.20. The molecule has 2 heterocycles. The minimum Gasteiger partial charge on any atom is -0.347 e. The van der Waals surface area contributed by atoms with Crippen LogP contribution in [-0.4, -0.2) is 48.4 Å². The topological polar surface area (TPSA) is 64.8 Å². The maximum absolute atomic E-state index is 12.2. The third-order valence-electron chi connectivity index (χ3n) is 3.78. The van der Waals surface area contributed by atoms with Crippen LogP contribution in [0.25, 0.3) is 0 Å². The van der Waals surface area contributed by atoms with Gasteiger partial charge in [-0.25, -0.2) is 0 Å². The zero-order valence-corrected chi connectivity index (χ0v) is 12.1. The van der Waals surface area contributed by atoms with E-state index < -0.39 is 5.79 Å². The molecule has 0 unspecified atom stereocenters. The maximum Gasteiger partial charge on any atom is 0.225 e. The highest BCUT2D eigenvalue weighted by molar-refractivity contribution is 5.76. The van der Waals surface area contributed by atoms with Crippen LogP contribution in [-0.2, 0) is 14.3 Å². The van der Waals surface area contributed by atoms with E-state index in [1.54, 1.807) is 0 Å². The zero-order valence-electron chi connectivity index (χ0n) is 12.1. The van der Waals surface area contributed by atoms with Crippen LogP contribution < -0.4 is 5.73 Å². The molecular formula is C14H26N2O3. The van der Waals surface area contributed by atoms with Crippen molar-refractivity contribution in [2.24, 2.45) is 5.73 Å². The normalized spacial score (nSPS) is 30.6. The maximum atomic E-state index is 12.2. The Kier molecular flexibility index (Phi) is 4.81. The van der Waals surface area contributed by atoms with E-state index in [0.717, 1.165) is 38.8 Å². The van der Waals surface area contributed by atoms with Crippen LogP contribution in [0.1, 0.15) is 46.0 Å². The van der Waals surface area contributed by atoms with Gasteiger partial charge in [-0.3, -0.25) is 4.79 Å². The highest BCUT2D eigenvalue weighted by atomic mass is 16.7. The molecule has 5 nitrogen and oxygen atoms in total. The Morgan fingerprint density at radius 3 is 2.53 bits per heavy atom. The molecule has 2 aliphatic heterocycles. The monoisotopic (exact) mass is 270 g/mol. The lowest BCUT2D eigenvalue weighted by atomic mass is 10.0. The lowest BCUT2D eigenvalue weighted by Crippen LogP contribution is -2.46. The van der Waals surface area contributed by atoms with Gasteiger partial charge >= 0.3 is 0 Å². The molecule has 5 heteroatoms. The number of nitrogens with zero attached hydrogens (tertiary/aromatic N) is 1. The van der Waals surface area contributed by atoms with Crippen molar-refractivity contribution in [2.75, 3.05) is 19.6 Å². The van der Waals surface area contributed by atoms with Gasteiger partial charge in [-0.05, 0) is 39.7 Å². The molecule has 19 heavy (non-hydrogen) atoms. The van der Waals surface area contributed by atoms with Crippen LogP contribution in [0.4, 0.5) is 0 Å². The van der Waals surface area contributed by atoms with Crippen molar-refractivity contribution in [3.63, 3.8) is 0 Å². The summed E-state index contributed by atoms with van der Waals surface area (Å²) in [5.74, 6) is -0.402. The molecule has 0 saturated carbocycles. The summed E-state index contributed by atoms with van der Waals surface area (Å²) in [5.41, 5.74) is 5.60. The van der Waals surface area contributed by atoms with Gasteiger partial charge in [0.1, 0.15) is 0 Å². The van der Waals surface area contributed by atoms with Gasteiger partial charge in [-0.15, -0.1) is 0 Å². The van der Waals surface area contributed by atoms with Gasteiger partial charge in [-0.1, -0.05) is 0 Å². The van der Waals surface area contributed by atoms with E-state index in [9.17, 15) is 4.79 Å². The van der Waals surface area contributed by atoms with Crippen LogP contribution in [0.15, 0.2) is 0 Å². The summed E-state index contributed by atoms with van der Waals surface area (Å²) < 4.78 is 11.7. The quantitative estimate of drug-likeness (QED) is 0.835. The summed E-state index contributed by atoms with van der Waals surface area (Å²) in [6.45, 7) is 6.22. The number of carbonyl (C=O) groups excluding carboxylic acids is 1. The molecule has 0 radical (unpaired) electrons. The summed E-state index contributed by atoms with van der Waals surface area (Å²) in [4.78, 5) is 14.1. The minimum atomic E-state index is -0.617. The summed E-state index contributed by atoms with van der Waals surface area (Å²) >= 11 is 0. The van der Waals surface area contributed by atoms with Crippen molar-refractivity contribution in [1.82, 2.24) is 4.90 Å². The van der Waals surface area contributed by atoms with Crippen LogP contribution in [0.5, 0.6) is 0 Å². The van der Waals surface area contributed by atoms with Crippen molar-refractivity contribution in [3.8, 4) is 0 Å². The molecule has 0 aliphatic carbocycles. The standard InChI is InChI=1S/C14H26N2O3/c1-14(2)18-11(5-6-15)9-12(19-14)10-13(17)16-7-3-4-8-16/h11-12H,3-10,15H2,1-2H3/t11-,12-/m1/s1. The molecule has 0 aromatic heterocycles. The number of hydrogen-bond acceptors (Lipinski definition) is 4. The fourth-order valence-corrected chi connectivity index (χ4v) is 3.00. The second-order valence-corrected chi connectivity index (χ2v) is 5.98. The first-order valence-electron chi connectivity index (χ1n) is 7.33. The van der Waals surface area contributed by atoms with Crippen LogP contribution in [0, 0.1) is 0 Å². The largest absolute Gasteiger partial charge is 0.347 e. The number of carbonyl (C=O) groups is 1. The van der Waals surface area contributed by atoms with Gasteiger partial charge in [0.15, 0.2) is 5.79 Å². The van der Waals surface area contributed by atoms with E-state index in [0.29, 0.717) is 13.0 Å². The average molecular weight is 270 g/mol. The molecule has 0 aromatic rings. The highest BCUT2D eigenvalue weighted by Crippen LogP contribution is 2.30. The molecule has 0 aromatic carbocycles.